The van der Waals surface area contributed by atoms with Gasteiger partial charge in [-0.2, -0.15) is 11.8 Å². The summed E-state index contributed by atoms with van der Waals surface area (Å²) in [6, 6.07) is 13.7. The molecule has 2 amide bonds. The van der Waals surface area contributed by atoms with Crippen LogP contribution in [0.5, 0.6) is 0 Å². The minimum absolute atomic E-state index is 0.0191. The van der Waals surface area contributed by atoms with Crippen molar-refractivity contribution in [2.45, 2.75) is 30.8 Å². The summed E-state index contributed by atoms with van der Waals surface area (Å²) in [4.78, 5) is 30.0. The average Bonchev–Trinajstić information content (AvgIpc) is 2.73. The Morgan fingerprint density at radius 3 is 2.30 bits per heavy atom. The normalized spacial score (nSPS) is 20.4. The maximum absolute atomic E-state index is 13.5. The Morgan fingerprint density at radius 2 is 1.73 bits per heavy atom. The Balaban J connectivity index is 1.60. The maximum atomic E-state index is 13.5. The zero-order chi connectivity index (χ0) is 21.3. The van der Waals surface area contributed by atoms with E-state index in [1.165, 1.54) is 12.1 Å². The summed E-state index contributed by atoms with van der Waals surface area (Å²) in [6.07, 6.45) is 1.58. The lowest BCUT2D eigenvalue weighted by molar-refractivity contribution is -0.164. The molecule has 158 valence electrons. The second kappa shape index (κ2) is 8.30. The van der Waals surface area contributed by atoms with Gasteiger partial charge in [0, 0.05) is 25.5 Å². The summed E-state index contributed by atoms with van der Waals surface area (Å²) in [7, 11) is 3.93. The number of carbonyl (C=O) groups is 2. The van der Waals surface area contributed by atoms with Crippen molar-refractivity contribution in [1.29, 1.82) is 0 Å². The van der Waals surface area contributed by atoms with Crippen LogP contribution in [-0.2, 0) is 9.59 Å². The summed E-state index contributed by atoms with van der Waals surface area (Å²) >= 11 is 1.81. The first-order valence-corrected chi connectivity index (χ1v) is 11.3. The molecule has 1 atom stereocenters. The van der Waals surface area contributed by atoms with E-state index in [0.29, 0.717) is 19.3 Å². The topological polar surface area (TPSA) is 52.7 Å². The van der Waals surface area contributed by atoms with Crippen LogP contribution in [0.3, 0.4) is 0 Å². The van der Waals surface area contributed by atoms with E-state index in [9.17, 15) is 14.0 Å². The number of hydrogen-bond donors (Lipinski definition) is 1. The first-order valence-electron chi connectivity index (χ1n) is 10.1. The van der Waals surface area contributed by atoms with Crippen LogP contribution in [0.25, 0.3) is 0 Å². The Bertz CT molecular complexity index is 924. The molecule has 5 nitrogen and oxygen atoms in total. The molecule has 2 heterocycles. The van der Waals surface area contributed by atoms with E-state index >= 15 is 0 Å². The molecule has 30 heavy (non-hydrogen) atoms. The lowest BCUT2D eigenvalue weighted by Crippen LogP contribution is -2.66. The van der Waals surface area contributed by atoms with Crippen LogP contribution >= 0.6 is 11.8 Å². The molecule has 2 aromatic carbocycles. The van der Waals surface area contributed by atoms with E-state index in [0.717, 1.165) is 28.4 Å². The number of nitrogens with zero attached hydrogens (tertiary/aromatic N) is 2. The second-order valence-electron chi connectivity index (χ2n) is 8.07. The number of nitrogens with one attached hydrogen (secondary N) is 1. The molecule has 2 fully saturated rings. The monoisotopic (exact) mass is 427 g/mol. The molecule has 0 aromatic heterocycles. The largest absolute Gasteiger partial charge is 0.378 e. The number of amides is 2. The predicted molar refractivity (Wildman–Crippen MR) is 119 cm³/mol. The molecule has 0 aliphatic carbocycles. The van der Waals surface area contributed by atoms with Crippen LogP contribution in [0.4, 0.5) is 15.8 Å². The molecule has 2 saturated heterocycles. The van der Waals surface area contributed by atoms with Crippen LogP contribution in [0.15, 0.2) is 48.5 Å². The number of rotatable bonds is 5. The highest BCUT2D eigenvalue weighted by atomic mass is 32.2. The van der Waals surface area contributed by atoms with Crippen LogP contribution in [0.2, 0.25) is 0 Å². The predicted octanol–water partition coefficient (Wildman–Crippen LogP) is 4.07. The van der Waals surface area contributed by atoms with E-state index < -0.39 is 5.54 Å². The van der Waals surface area contributed by atoms with Gasteiger partial charge in [0.1, 0.15) is 11.4 Å². The van der Waals surface area contributed by atoms with Crippen molar-refractivity contribution >= 4 is 35.0 Å². The fourth-order valence-electron chi connectivity index (χ4n) is 4.28. The maximum Gasteiger partial charge on any atom is 0.250 e. The van der Waals surface area contributed by atoms with Gasteiger partial charge in [0.2, 0.25) is 11.8 Å². The van der Waals surface area contributed by atoms with Gasteiger partial charge in [-0.05, 0) is 66.3 Å². The van der Waals surface area contributed by atoms with Crippen LogP contribution in [0.1, 0.15) is 30.9 Å². The minimum atomic E-state index is -0.875. The third-order valence-electron chi connectivity index (χ3n) is 6.05. The van der Waals surface area contributed by atoms with E-state index in [4.69, 9.17) is 0 Å². The number of hydrogen-bond acceptors (Lipinski definition) is 4. The summed E-state index contributed by atoms with van der Waals surface area (Å²) in [5, 5.41) is 3.05. The van der Waals surface area contributed by atoms with E-state index in [1.807, 2.05) is 43.3 Å². The van der Waals surface area contributed by atoms with Gasteiger partial charge in [-0.1, -0.05) is 12.1 Å². The van der Waals surface area contributed by atoms with Crippen molar-refractivity contribution in [3.05, 3.63) is 59.9 Å². The van der Waals surface area contributed by atoms with Gasteiger partial charge >= 0.3 is 0 Å². The zero-order valence-electron chi connectivity index (χ0n) is 17.2. The van der Waals surface area contributed by atoms with Crippen LogP contribution in [0, 0.1) is 5.82 Å². The molecule has 0 spiro atoms. The summed E-state index contributed by atoms with van der Waals surface area (Å²) in [5.74, 6) is 1.19. The Hall–Kier alpha value is -2.54. The van der Waals surface area contributed by atoms with E-state index in [1.54, 1.807) is 28.8 Å². The smallest absolute Gasteiger partial charge is 0.250 e. The Labute approximate surface area is 180 Å². The molecule has 1 N–H and O–H groups in total. The number of likely N-dealkylation sites (tertiary alicyclic amines) is 1. The zero-order valence-corrected chi connectivity index (χ0v) is 18.0. The van der Waals surface area contributed by atoms with Crippen LogP contribution < -0.4 is 10.2 Å². The SMILES string of the molecule is CN(C)c1ccc(NC(=O)C2(N3C(=O)CC3c3ccc(F)cc3)CCSCC2)cc1. The number of carbonyl (C=O) groups excluding carboxylic acids is 2. The first kappa shape index (κ1) is 20.7. The van der Waals surface area contributed by atoms with Gasteiger partial charge in [-0.25, -0.2) is 4.39 Å². The number of anilines is 2. The molecule has 1 unspecified atom stereocenters. The third-order valence-corrected chi connectivity index (χ3v) is 7.03. The molecule has 0 bridgehead atoms. The van der Waals surface area contributed by atoms with Crippen molar-refractivity contribution in [3.8, 4) is 0 Å². The summed E-state index contributed by atoms with van der Waals surface area (Å²) in [6.45, 7) is 0. The highest BCUT2D eigenvalue weighted by molar-refractivity contribution is 7.99. The standard InChI is InChI=1S/C23H26FN3O2S/c1-26(2)19-9-7-18(8-10-19)25-22(29)23(11-13-30-14-12-23)27-20(15-21(27)28)16-3-5-17(24)6-4-16/h3-10,20H,11-15H2,1-2H3,(H,25,29). The lowest BCUT2D eigenvalue weighted by Gasteiger charge is -2.53. The molecule has 0 radical (unpaired) electrons. The Morgan fingerprint density at radius 1 is 1.10 bits per heavy atom. The average molecular weight is 428 g/mol. The van der Waals surface area contributed by atoms with Crippen LogP contribution in [-0.4, -0.2) is 47.9 Å². The fourth-order valence-corrected chi connectivity index (χ4v) is 5.45. The van der Waals surface area contributed by atoms with Gasteiger partial charge in [-0.3, -0.25) is 9.59 Å². The van der Waals surface area contributed by atoms with Crippen molar-refractivity contribution < 1.29 is 14.0 Å². The molecular weight excluding hydrogens is 401 g/mol. The number of halogens is 1. The van der Waals surface area contributed by atoms with Crippen molar-refractivity contribution in [1.82, 2.24) is 4.90 Å². The quantitative estimate of drug-likeness (QED) is 0.731. The summed E-state index contributed by atoms with van der Waals surface area (Å²) < 4.78 is 13.4. The summed E-state index contributed by atoms with van der Waals surface area (Å²) in [5.41, 5.74) is 1.76. The first-order chi connectivity index (χ1) is 14.4. The minimum Gasteiger partial charge on any atom is -0.378 e. The fraction of sp³-hybridized carbons (Fsp3) is 0.391. The molecule has 2 aliphatic rings. The van der Waals surface area contributed by atoms with Gasteiger partial charge in [0.25, 0.3) is 0 Å². The third kappa shape index (κ3) is 3.78. The van der Waals surface area contributed by atoms with E-state index in [-0.39, 0.29) is 23.7 Å². The van der Waals surface area contributed by atoms with Gasteiger partial charge in [-0.15, -0.1) is 0 Å². The number of β-lactam (4-membered cyclic amide) rings is 1. The second-order valence-corrected chi connectivity index (χ2v) is 9.30. The van der Waals surface area contributed by atoms with Crippen molar-refractivity contribution in [2.75, 3.05) is 35.8 Å². The highest BCUT2D eigenvalue weighted by Crippen LogP contribution is 2.46. The Kier molecular flexibility index (Phi) is 5.73. The molecule has 0 saturated carbocycles. The van der Waals surface area contributed by atoms with E-state index in [2.05, 4.69) is 5.32 Å². The van der Waals surface area contributed by atoms with Crippen molar-refractivity contribution in [2.24, 2.45) is 0 Å². The van der Waals surface area contributed by atoms with Gasteiger partial charge in [0.15, 0.2) is 0 Å². The van der Waals surface area contributed by atoms with Gasteiger partial charge in [0.05, 0.1) is 12.5 Å². The van der Waals surface area contributed by atoms with Gasteiger partial charge < -0.3 is 15.1 Å². The molecule has 2 aliphatic heterocycles. The number of thioether (sulfide) groups is 1. The molecule has 4 rings (SSSR count). The molecule has 2 aromatic rings. The molecule has 7 heteroatoms. The van der Waals surface area contributed by atoms with Crippen molar-refractivity contribution in [3.63, 3.8) is 0 Å². The lowest BCUT2D eigenvalue weighted by atomic mass is 9.80. The number of benzene rings is 2. The highest BCUT2D eigenvalue weighted by Gasteiger charge is 2.55. The molecular formula is C23H26FN3O2S.